The normalized spacial score (nSPS) is 17.1. The maximum absolute atomic E-state index is 12.7. The zero-order chi connectivity index (χ0) is 25.3. The van der Waals surface area contributed by atoms with Crippen molar-refractivity contribution in [2.24, 2.45) is 0 Å². The molecule has 0 atom stereocenters. The van der Waals surface area contributed by atoms with E-state index in [1.54, 1.807) is 0 Å². The van der Waals surface area contributed by atoms with E-state index in [1.807, 2.05) is 30.3 Å². The molecule has 2 aliphatic heterocycles. The fourth-order valence-corrected chi connectivity index (χ4v) is 5.58. The van der Waals surface area contributed by atoms with Crippen LogP contribution in [0.2, 0.25) is 0 Å². The van der Waals surface area contributed by atoms with Crippen LogP contribution in [0.15, 0.2) is 54.6 Å². The van der Waals surface area contributed by atoms with E-state index in [4.69, 9.17) is 4.98 Å². The van der Waals surface area contributed by atoms with Gasteiger partial charge in [-0.05, 0) is 89.1 Å². The quantitative estimate of drug-likeness (QED) is 0.366. The molecular formula is C31H41N5O. The third kappa shape index (κ3) is 7.08. The molecule has 0 saturated carbocycles. The Labute approximate surface area is 221 Å². The number of carbonyl (C=O) groups excluding carboxylic acids is 1. The Morgan fingerprint density at radius 1 is 0.784 bits per heavy atom. The number of carbonyl (C=O) groups is 1. The van der Waals surface area contributed by atoms with Crippen LogP contribution in [0.1, 0.15) is 55.3 Å². The fourth-order valence-electron chi connectivity index (χ4n) is 5.58. The molecule has 0 spiro atoms. The van der Waals surface area contributed by atoms with E-state index in [1.165, 1.54) is 51.6 Å². The summed E-state index contributed by atoms with van der Waals surface area (Å²) in [5.41, 5.74) is 4.75. The summed E-state index contributed by atoms with van der Waals surface area (Å²) in [4.78, 5) is 22.6. The first kappa shape index (κ1) is 25.7. The molecule has 2 fully saturated rings. The molecule has 3 aromatic rings. The van der Waals surface area contributed by atoms with Crippen LogP contribution in [0.3, 0.4) is 0 Å². The minimum atomic E-state index is -0.00825. The van der Waals surface area contributed by atoms with Gasteiger partial charge in [-0.3, -0.25) is 4.79 Å². The van der Waals surface area contributed by atoms with Crippen LogP contribution in [0.25, 0.3) is 22.2 Å². The molecule has 0 unspecified atom stereocenters. The van der Waals surface area contributed by atoms with Crippen LogP contribution in [0, 0.1) is 0 Å². The summed E-state index contributed by atoms with van der Waals surface area (Å²) in [6.07, 6.45) is 9.06. The van der Waals surface area contributed by atoms with Gasteiger partial charge in [-0.1, -0.05) is 43.2 Å². The highest BCUT2D eigenvalue weighted by Crippen LogP contribution is 2.28. The van der Waals surface area contributed by atoms with Crippen molar-refractivity contribution in [3.63, 3.8) is 0 Å². The molecule has 2 saturated heterocycles. The van der Waals surface area contributed by atoms with Crippen LogP contribution in [-0.4, -0.2) is 73.0 Å². The minimum absolute atomic E-state index is 0.00825. The summed E-state index contributed by atoms with van der Waals surface area (Å²) < 4.78 is 0. The standard InChI is InChI=1S/C31H41N5O/c37-31(33-17-23-36-20-7-2-8-21-36)26-14-12-25(13-15-26)29-24-30(27-10-3-4-11-28(27)34-29)32-16-9-22-35-18-5-1-6-19-35/h3-4,10-15,24H,1-2,5-9,16-23H2,(H,32,34)(H,33,37). The highest BCUT2D eigenvalue weighted by Gasteiger charge is 2.13. The lowest BCUT2D eigenvalue weighted by molar-refractivity contribution is 0.0946. The summed E-state index contributed by atoms with van der Waals surface area (Å²) in [6.45, 7) is 8.52. The molecule has 0 radical (unpaired) electrons. The van der Waals surface area contributed by atoms with Crippen LogP contribution in [0.4, 0.5) is 5.69 Å². The number of anilines is 1. The van der Waals surface area contributed by atoms with E-state index < -0.39 is 0 Å². The van der Waals surface area contributed by atoms with Crippen molar-refractivity contribution in [2.45, 2.75) is 44.9 Å². The van der Waals surface area contributed by atoms with E-state index >= 15 is 0 Å². The number of benzene rings is 2. The molecule has 3 heterocycles. The van der Waals surface area contributed by atoms with Crippen molar-refractivity contribution < 1.29 is 4.79 Å². The Bertz CT molecular complexity index is 1150. The number of hydrogen-bond donors (Lipinski definition) is 2. The molecular weight excluding hydrogens is 458 g/mol. The molecule has 6 heteroatoms. The highest BCUT2D eigenvalue weighted by atomic mass is 16.1. The number of nitrogens with zero attached hydrogens (tertiary/aromatic N) is 3. The first-order chi connectivity index (χ1) is 18.3. The van der Waals surface area contributed by atoms with Gasteiger partial charge >= 0.3 is 0 Å². The number of amides is 1. The van der Waals surface area contributed by atoms with Gasteiger partial charge in [-0.2, -0.15) is 0 Å². The largest absolute Gasteiger partial charge is 0.384 e. The first-order valence-corrected chi connectivity index (χ1v) is 14.2. The summed E-state index contributed by atoms with van der Waals surface area (Å²) in [6, 6.07) is 18.3. The molecule has 37 heavy (non-hydrogen) atoms. The average Bonchev–Trinajstić information content (AvgIpc) is 2.96. The maximum atomic E-state index is 12.7. The number of para-hydroxylation sites is 1. The van der Waals surface area contributed by atoms with Crippen LogP contribution in [-0.2, 0) is 0 Å². The summed E-state index contributed by atoms with van der Waals surface area (Å²) in [7, 11) is 0. The monoisotopic (exact) mass is 499 g/mol. The molecule has 2 N–H and O–H groups in total. The van der Waals surface area contributed by atoms with E-state index in [-0.39, 0.29) is 5.91 Å². The van der Waals surface area contributed by atoms with Crippen molar-refractivity contribution >= 4 is 22.5 Å². The Kier molecular flexibility index (Phi) is 9.04. The zero-order valence-electron chi connectivity index (χ0n) is 22.1. The van der Waals surface area contributed by atoms with Gasteiger partial charge < -0.3 is 20.4 Å². The summed E-state index contributed by atoms with van der Waals surface area (Å²) >= 11 is 0. The average molecular weight is 500 g/mol. The van der Waals surface area contributed by atoms with E-state index in [2.05, 4.69) is 44.7 Å². The Morgan fingerprint density at radius 2 is 1.46 bits per heavy atom. The van der Waals surface area contributed by atoms with Crippen molar-refractivity contribution in [1.29, 1.82) is 0 Å². The zero-order valence-corrected chi connectivity index (χ0v) is 22.1. The Hall–Kier alpha value is -2.96. The second kappa shape index (κ2) is 13.0. The SMILES string of the molecule is O=C(NCCN1CCCCC1)c1ccc(-c2cc(NCCCN3CCCCC3)c3ccccc3n2)cc1. The number of likely N-dealkylation sites (tertiary alicyclic amines) is 2. The number of piperidine rings is 2. The number of fused-ring (bicyclic) bond motifs is 1. The van der Waals surface area contributed by atoms with Gasteiger partial charge in [0.1, 0.15) is 0 Å². The second-order valence-electron chi connectivity index (χ2n) is 10.5. The molecule has 196 valence electrons. The van der Waals surface area contributed by atoms with E-state index in [9.17, 15) is 4.79 Å². The number of aromatic nitrogens is 1. The van der Waals surface area contributed by atoms with Gasteiger partial charge in [-0.25, -0.2) is 4.98 Å². The molecule has 2 aromatic carbocycles. The number of pyridine rings is 1. The number of rotatable bonds is 10. The molecule has 2 aliphatic rings. The highest BCUT2D eigenvalue weighted by molar-refractivity contribution is 5.96. The van der Waals surface area contributed by atoms with Crippen molar-refractivity contribution in [3.05, 3.63) is 60.2 Å². The fraction of sp³-hybridized carbons (Fsp3) is 0.484. The summed E-state index contributed by atoms with van der Waals surface area (Å²) in [5.74, 6) is -0.00825. The van der Waals surface area contributed by atoms with Gasteiger partial charge in [0.25, 0.3) is 5.91 Å². The smallest absolute Gasteiger partial charge is 0.251 e. The predicted octanol–water partition coefficient (Wildman–Crippen LogP) is 5.41. The van der Waals surface area contributed by atoms with Gasteiger partial charge in [0.05, 0.1) is 11.2 Å². The maximum Gasteiger partial charge on any atom is 0.251 e. The molecule has 1 amide bonds. The van der Waals surface area contributed by atoms with E-state index in [0.29, 0.717) is 12.1 Å². The predicted molar refractivity (Wildman–Crippen MR) is 153 cm³/mol. The number of hydrogen-bond acceptors (Lipinski definition) is 5. The van der Waals surface area contributed by atoms with Crippen LogP contribution >= 0.6 is 0 Å². The van der Waals surface area contributed by atoms with Crippen molar-refractivity contribution in [2.75, 3.05) is 57.7 Å². The molecule has 0 bridgehead atoms. The molecule has 0 aliphatic carbocycles. The number of nitrogens with one attached hydrogen (secondary N) is 2. The lowest BCUT2D eigenvalue weighted by Gasteiger charge is -2.26. The first-order valence-electron chi connectivity index (χ1n) is 14.2. The Balaban J connectivity index is 1.21. The minimum Gasteiger partial charge on any atom is -0.384 e. The summed E-state index contributed by atoms with van der Waals surface area (Å²) in [5, 5.41) is 7.91. The van der Waals surface area contributed by atoms with Gasteiger partial charge in [-0.15, -0.1) is 0 Å². The molecule has 5 rings (SSSR count). The van der Waals surface area contributed by atoms with E-state index in [0.717, 1.165) is 67.0 Å². The molecule has 6 nitrogen and oxygen atoms in total. The van der Waals surface area contributed by atoms with Gasteiger partial charge in [0.15, 0.2) is 0 Å². The van der Waals surface area contributed by atoms with Crippen molar-refractivity contribution in [1.82, 2.24) is 20.1 Å². The molecule has 1 aromatic heterocycles. The van der Waals surface area contributed by atoms with Crippen LogP contribution < -0.4 is 10.6 Å². The lowest BCUT2D eigenvalue weighted by atomic mass is 10.1. The topological polar surface area (TPSA) is 60.5 Å². The lowest BCUT2D eigenvalue weighted by Crippen LogP contribution is -2.37. The third-order valence-electron chi connectivity index (χ3n) is 7.74. The van der Waals surface area contributed by atoms with Crippen LogP contribution in [0.5, 0.6) is 0 Å². The Morgan fingerprint density at radius 3 is 2.19 bits per heavy atom. The van der Waals surface area contributed by atoms with Crippen molar-refractivity contribution in [3.8, 4) is 11.3 Å². The van der Waals surface area contributed by atoms with Gasteiger partial charge in [0.2, 0.25) is 0 Å². The second-order valence-corrected chi connectivity index (χ2v) is 10.5. The third-order valence-corrected chi connectivity index (χ3v) is 7.74. The van der Waals surface area contributed by atoms with Gasteiger partial charge in [0, 0.05) is 41.8 Å².